The maximum atomic E-state index is 13.7. The maximum absolute atomic E-state index is 13.7. The van der Waals surface area contributed by atoms with Gasteiger partial charge in [0.25, 0.3) is 11.6 Å². The first-order valence-electron chi connectivity index (χ1n) is 5.90. The summed E-state index contributed by atoms with van der Waals surface area (Å²) in [6, 6.07) is 7.77. The van der Waals surface area contributed by atoms with Gasteiger partial charge in [-0.2, -0.15) is 0 Å². The fourth-order valence-electron chi connectivity index (χ4n) is 1.77. The van der Waals surface area contributed by atoms with Gasteiger partial charge in [0.05, 0.1) is 21.2 Å². The first-order valence-corrected chi connectivity index (χ1v) is 6.28. The number of amides is 1. The van der Waals surface area contributed by atoms with E-state index in [0.29, 0.717) is 16.3 Å². The summed E-state index contributed by atoms with van der Waals surface area (Å²) in [7, 11) is 0. The predicted molar refractivity (Wildman–Crippen MR) is 77.2 cm³/mol. The van der Waals surface area contributed by atoms with Crippen molar-refractivity contribution in [1.82, 2.24) is 0 Å². The highest BCUT2D eigenvalue weighted by atomic mass is 35.5. The van der Waals surface area contributed by atoms with Crippen molar-refractivity contribution < 1.29 is 14.1 Å². The fraction of sp³-hybridized carbons (Fsp3) is 0.0714. The van der Waals surface area contributed by atoms with Gasteiger partial charge in [0.1, 0.15) is 5.82 Å². The zero-order valence-electron chi connectivity index (χ0n) is 10.9. The van der Waals surface area contributed by atoms with E-state index in [1.165, 1.54) is 0 Å². The zero-order chi connectivity index (χ0) is 15.6. The number of hydrogen-bond acceptors (Lipinski definition) is 3. The van der Waals surface area contributed by atoms with Crippen LogP contribution in [0.25, 0.3) is 0 Å². The van der Waals surface area contributed by atoms with E-state index in [1.54, 1.807) is 25.1 Å². The quantitative estimate of drug-likeness (QED) is 0.689. The number of carbonyl (C=O) groups is 1. The number of rotatable bonds is 3. The maximum Gasteiger partial charge on any atom is 0.270 e. The Morgan fingerprint density at radius 3 is 2.67 bits per heavy atom. The van der Waals surface area contributed by atoms with Gasteiger partial charge in [-0.25, -0.2) is 4.39 Å². The smallest absolute Gasteiger partial charge is 0.270 e. The summed E-state index contributed by atoms with van der Waals surface area (Å²) in [5.74, 6) is -1.64. The fourth-order valence-corrected chi connectivity index (χ4v) is 2.04. The normalized spacial score (nSPS) is 10.2. The number of carbonyl (C=O) groups excluding carboxylic acids is 1. The minimum Gasteiger partial charge on any atom is -0.320 e. The van der Waals surface area contributed by atoms with Crippen LogP contribution in [0.1, 0.15) is 15.9 Å². The molecule has 0 unspecified atom stereocenters. The van der Waals surface area contributed by atoms with Crippen molar-refractivity contribution in [2.24, 2.45) is 0 Å². The van der Waals surface area contributed by atoms with Crippen molar-refractivity contribution in [3.8, 4) is 0 Å². The number of nitrogens with one attached hydrogen (secondary N) is 1. The lowest BCUT2D eigenvalue weighted by Crippen LogP contribution is -2.15. The molecule has 0 aliphatic rings. The van der Waals surface area contributed by atoms with Crippen molar-refractivity contribution >= 4 is 28.9 Å². The van der Waals surface area contributed by atoms with E-state index in [-0.39, 0.29) is 5.69 Å². The average molecular weight is 309 g/mol. The molecule has 2 aromatic rings. The van der Waals surface area contributed by atoms with Crippen LogP contribution in [0.2, 0.25) is 5.02 Å². The Bertz CT molecular complexity index is 714. The molecule has 0 bridgehead atoms. The van der Waals surface area contributed by atoms with Gasteiger partial charge in [-0.15, -0.1) is 0 Å². The molecule has 0 saturated heterocycles. The standard InChI is InChI=1S/C14H10ClFN2O3/c1-8-3-2-4-11(15)13(8)17-14(19)10-7-9(18(20)21)5-6-12(10)16/h2-7H,1H3,(H,17,19). The minimum absolute atomic E-state index is 0.300. The molecule has 21 heavy (non-hydrogen) atoms. The Labute approximate surface area is 124 Å². The van der Waals surface area contributed by atoms with Crippen molar-refractivity contribution in [2.75, 3.05) is 5.32 Å². The molecule has 0 aromatic heterocycles. The third-order valence-corrected chi connectivity index (χ3v) is 3.18. The van der Waals surface area contributed by atoms with Crippen molar-refractivity contribution in [2.45, 2.75) is 6.92 Å². The van der Waals surface area contributed by atoms with Gasteiger partial charge in [0, 0.05) is 12.1 Å². The van der Waals surface area contributed by atoms with Crippen LogP contribution in [0.15, 0.2) is 36.4 Å². The number of nitro groups is 1. The number of para-hydroxylation sites is 1. The number of halogens is 2. The highest BCUT2D eigenvalue weighted by molar-refractivity contribution is 6.34. The van der Waals surface area contributed by atoms with Gasteiger partial charge in [0.15, 0.2) is 0 Å². The van der Waals surface area contributed by atoms with Gasteiger partial charge in [-0.1, -0.05) is 23.7 Å². The summed E-state index contributed by atoms with van der Waals surface area (Å²) >= 11 is 5.97. The van der Waals surface area contributed by atoms with Gasteiger partial charge in [0.2, 0.25) is 0 Å². The number of benzene rings is 2. The first kappa shape index (κ1) is 14.9. The van der Waals surface area contributed by atoms with Crippen LogP contribution in [0.3, 0.4) is 0 Å². The lowest BCUT2D eigenvalue weighted by Gasteiger charge is -2.10. The number of nitro benzene ring substituents is 1. The van der Waals surface area contributed by atoms with Gasteiger partial charge in [-0.3, -0.25) is 14.9 Å². The molecule has 7 heteroatoms. The minimum atomic E-state index is -0.845. The van der Waals surface area contributed by atoms with Crippen LogP contribution in [-0.2, 0) is 0 Å². The van der Waals surface area contributed by atoms with E-state index in [0.717, 1.165) is 18.2 Å². The van der Waals surface area contributed by atoms with Gasteiger partial charge < -0.3 is 5.32 Å². The summed E-state index contributed by atoms with van der Waals surface area (Å²) < 4.78 is 13.7. The molecule has 2 aromatic carbocycles. The molecule has 0 spiro atoms. The molecule has 5 nitrogen and oxygen atoms in total. The summed E-state index contributed by atoms with van der Waals surface area (Å²) in [6.07, 6.45) is 0. The molecule has 0 radical (unpaired) electrons. The Hall–Kier alpha value is -2.47. The monoisotopic (exact) mass is 308 g/mol. The predicted octanol–water partition coefficient (Wildman–Crippen LogP) is 3.95. The SMILES string of the molecule is Cc1cccc(Cl)c1NC(=O)c1cc([N+](=O)[O-])ccc1F. The van der Waals surface area contributed by atoms with Crippen LogP contribution < -0.4 is 5.32 Å². The second kappa shape index (κ2) is 5.88. The van der Waals surface area contributed by atoms with Crippen molar-refractivity contribution in [3.63, 3.8) is 0 Å². The van der Waals surface area contributed by atoms with Crippen LogP contribution in [-0.4, -0.2) is 10.8 Å². The van der Waals surface area contributed by atoms with Crippen LogP contribution in [0.4, 0.5) is 15.8 Å². The van der Waals surface area contributed by atoms with E-state index in [4.69, 9.17) is 11.6 Å². The highest BCUT2D eigenvalue weighted by Gasteiger charge is 2.18. The number of non-ortho nitro benzene ring substituents is 1. The Morgan fingerprint density at radius 1 is 1.33 bits per heavy atom. The molecule has 2 rings (SSSR count). The lowest BCUT2D eigenvalue weighted by atomic mass is 10.1. The van der Waals surface area contributed by atoms with E-state index in [2.05, 4.69) is 5.32 Å². The molecular formula is C14H10ClFN2O3. The summed E-state index contributed by atoms with van der Waals surface area (Å²) in [5, 5.41) is 13.5. The number of hydrogen-bond donors (Lipinski definition) is 1. The summed E-state index contributed by atoms with van der Waals surface area (Å²) in [6.45, 7) is 1.73. The number of anilines is 1. The molecule has 0 heterocycles. The zero-order valence-corrected chi connectivity index (χ0v) is 11.6. The van der Waals surface area contributed by atoms with Gasteiger partial charge in [-0.05, 0) is 24.6 Å². The van der Waals surface area contributed by atoms with E-state index in [1.807, 2.05) is 0 Å². The largest absolute Gasteiger partial charge is 0.320 e. The number of nitrogens with zero attached hydrogens (tertiary/aromatic N) is 1. The molecule has 108 valence electrons. The Balaban J connectivity index is 2.37. The first-order chi connectivity index (χ1) is 9.90. The average Bonchev–Trinajstić information content (AvgIpc) is 2.43. The molecule has 0 atom stereocenters. The van der Waals surface area contributed by atoms with E-state index < -0.39 is 22.2 Å². The molecule has 0 aliphatic heterocycles. The summed E-state index contributed by atoms with van der Waals surface area (Å²) in [5.41, 5.74) is 0.262. The number of aryl methyl sites for hydroxylation is 1. The molecule has 0 aliphatic carbocycles. The van der Waals surface area contributed by atoms with Crippen LogP contribution >= 0.6 is 11.6 Å². The molecule has 1 amide bonds. The van der Waals surface area contributed by atoms with Gasteiger partial charge >= 0.3 is 0 Å². The second-order valence-corrected chi connectivity index (χ2v) is 4.71. The van der Waals surface area contributed by atoms with Crippen LogP contribution in [0.5, 0.6) is 0 Å². The van der Waals surface area contributed by atoms with E-state index >= 15 is 0 Å². The van der Waals surface area contributed by atoms with Crippen molar-refractivity contribution in [3.05, 3.63) is 68.5 Å². The lowest BCUT2D eigenvalue weighted by molar-refractivity contribution is -0.384. The third-order valence-electron chi connectivity index (χ3n) is 2.87. The Kier molecular flexibility index (Phi) is 4.18. The molecule has 0 fully saturated rings. The van der Waals surface area contributed by atoms with E-state index in [9.17, 15) is 19.3 Å². The highest BCUT2D eigenvalue weighted by Crippen LogP contribution is 2.26. The molecule has 0 saturated carbocycles. The molecule has 1 N–H and O–H groups in total. The Morgan fingerprint density at radius 2 is 2.05 bits per heavy atom. The third kappa shape index (κ3) is 3.17. The second-order valence-electron chi connectivity index (χ2n) is 4.31. The summed E-state index contributed by atoms with van der Waals surface area (Å²) in [4.78, 5) is 22.1. The van der Waals surface area contributed by atoms with Crippen molar-refractivity contribution in [1.29, 1.82) is 0 Å². The molecular weight excluding hydrogens is 299 g/mol. The van der Waals surface area contributed by atoms with Crippen LogP contribution in [0, 0.1) is 22.9 Å². The topological polar surface area (TPSA) is 72.2 Å².